The number of hydrogen-bond donors (Lipinski definition) is 1. The molecule has 0 amide bonds. The van der Waals surface area contributed by atoms with Crippen LogP contribution in [0.1, 0.15) is 44.5 Å². The summed E-state index contributed by atoms with van der Waals surface area (Å²) in [5, 5.41) is 4.71. The van der Waals surface area contributed by atoms with Crippen molar-refractivity contribution < 1.29 is 0 Å². The van der Waals surface area contributed by atoms with Gasteiger partial charge in [-0.1, -0.05) is 13.3 Å². The lowest BCUT2D eigenvalue weighted by Gasteiger charge is -2.29. The second-order valence-corrected chi connectivity index (χ2v) is 7.38. The Morgan fingerprint density at radius 1 is 1.29 bits per heavy atom. The molecule has 5 heteroatoms. The highest BCUT2D eigenvalue weighted by molar-refractivity contribution is 9.10. The largest absolute Gasteiger partial charge is 0.327 e. The second kappa shape index (κ2) is 6.39. The molecule has 1 saturated heterocycles. The van der Waals surface area contributed by atoms with Crippen LogP contribution in [0.4, 0.5) is 0 Å². The first-order chi connectivity index (χ1) is 10.1. The summed E-state index contributed by atoms with van der Waals surface area (Å²) in [7, 11) is 0. The van der Waals surface area contributed by atoms with Gasteiger partial charge in [-0.05, 0) is 54.0 Å². The van der Waals surface area contributed by atoms with E-state index in [0.717, 1.165) is 32.0 Å². The van der Waals surface area contributed by atoms with Crippen molar-refractivity contribution >= 4 is 15.9 Å². The van der Waals surface area contributed by atoms with Gasteiger partial charge in [-0.25, -0.2) is 0 Å². The Hall–Kier alpha value is -0.390. The number of nitrogens with zero attached hydrogens (tertiary/aromatic N) is 3. The van der Waals surface area contributed by atoms with Gasteiger partial charge in [0.2, 0.25) is 0 Å². The van der Waals surface area contributed by atoms with E-state index in [2.05, 4.69) is 39.4 Å². The maximum Gasteiger partial charge on any atom is 0.0767 e. The summed E-state index contributed by atoms with van der Waals surface area (Å²) in [6.45, 7) is 8.65. The first kappa shape index (κ1) is 15.5. The first-order valence-electron chi connectivity index (χ1n) is 8.36. The Kier molecular flexibility index (Phi) is 4.71. The van der Waals surface area contributed by atoms with Crippen molar-refractivity contribution in [1.29, 1.82) is 0 Å². The molecule has 4 nitrogen and oxygen atoms in total. The summed E-state index contributed by atoms with van der Waals surface area (Å²) in [4.78, 5) is 2.59. The molecule has 0 radical (unpaired) electrons. The standard InChI is InChI=1S/C16H27BrN4/c1-3-14-16(17)15(21(4-2)19-14)10-20-8-11-6-5-7-13(18)12(11)9-20/h11-13H,3-10,18H2,1-2H3. The summed E-state index contributed by atoms with van der Waals surface area (Å²) in [6, 6.07) is 0.416. The lowest BCUT2D eigenvalue weighted by atomic mass is 9.78. The molecule has 2 heterocycles. The minimum Gasteiger partial charge on any atom is -0.327 e. The van der Waals surface area contributed by atoms with Gasteiger partial charge < -0.3 is 5.73 Å². The molecule has 2 aliphatic rings. The summed E-state index contributed by atoms with van der Waals surface area (Å²) >= 11 is 3.76. The van der Waals surface area contributed by atoms with Crippen LogP contribution < -0.4 is 5.73 Å². The molecule has 0 aromatic carbocycles. The summed E-state index contributed by atoms with van der Waals surface area (Å²) < 4.78 is 3.37. The Morgan fingerprint density at radius 3 is 2.76 bits per heavy atom. The van der Waals surface area contributed by atoms with E-state index in [1.165, 1.54) is 41.7 Å². The Morgan fingerprint density at radius 2 is 2.10 bits per heavy atom. The summed E-state index contributed by atoms with van der Waals surface area (Å²) in [5.41, 5.74) is 8.85. The van der Waals surface area contributed by atoms with Crippen LogP contribution in [0.3, 0.4) is 0 Å². The molecule has 0 spiro atoms. The molecule has 1 aromatic heterocycles. The number of nitrogens with two attached hydrogens (primary N) is 1. The normalized spacial score (nSPS) is 29.8. The van der Waals surface area contributed by atoms with Gasteiger partial charge in [-0.2, -0.15) is 5.10 Å². The van der Waals surface area contributed by atoms with Crippen LogP contribution in [-0.4, -0.2) is 33.8 Å². The number of aryl methyl sites for hydroxylation is 2. The van der Waals surface area contributed by atoms with E-state index in [1.807, 2.05) is 0 Å². The van der Waals surface area contributed by atoms with Gasteiger partial charge in [0.05, 0.1) is 15.9 Å². The fraction of sp³-hybridized carbons (Fsp3) is 0.812. The minimum absolute atomic E-state index is 0.416. The molecule has 0 bridgehead atoms. The van der Waals surface area contributed by atoms with E-state index < -0.39 is 0 Å². The van der Waals surface area contributed by atoms with Crippen molar-refractivity contribution in [2.45, 2.75) is 58.7 Å². The lowest BCUT2D eigenvalue weighted by molar-refractivity contribution is 0.259. The van der Waals surface area contributed by atoms with Crippen molar-refractivity contribution in [2.24, 2.45) is 17.6 Å². The molecule has 1 aliphatic carbocycles. The molecule has 2 N–H and O–H groups in total. The highest BCUT2D eigenvalue weighted by atomic mass is 79.9. The topological polar surface area (TPSA) is 47.1 Å². The zero-order chi connectivity index (χ0) is 15.0. The highest BCUT2D eigenvalue weighted by Crippen LogP contribution is 2.36. The van der Waals surface area contributed by atoms with E-state index in [0.29, 0.717) is 12.0 Å². The van der Waals surface area contributed by atoms with Crippen molar-refractivity contribution in [2.75, 3.05) is 13.1 Å². The van der Waals surface area contributed by atoms with Gasteiger partial charge in [0, 0.05) is 32.2 Å². The van der Waals surface area contributed by atoms with Crippen LogP contribution in [-0.2, 0) is 19.5 Å². The zero-order valence-corrected chi connectivity index (χ0v) is 14.8. The molecular weight excluding hydrogens is 328 g/mol. The maximum absolute atomic E-state index is 6.33. The quantitative estimate of drug-likeness (QED) is 0.904. The predicted octanol–water partition coefficient (Wildman–Crippen LogP) is 2.79. The molecule has 2 fully saturated rings. The van der Waals surface area contributed by atoms with Gasteiger partial charge in [0.15, 0.2) is 0 Å². The van der Waals surface area contributed by atoms with Gasteiger partial charge >= 0.3 is 0 Å². The average Bonchev–Trinajstić information content (AvgIpc) is 3.02. The smallest absolute Gasteiger partial charge is 0.0767 e. The van der Waals surface area contributed by atoms with Crippen LogP contribution in [0.25, 0.3) is 0 Å². The number of rotatable bonds is 4. The number of aromatic nitrogens is 2. The summed E-state index contributed by atoms with van der Waals surface area (Å²) in [5.74, 6) is 1.53. The molecular formula is C16H27BrN4. The minimum atomic E-state index is 0.416. The molecule has 1 saturated carbocycles. The van der Waals surface area contributed by atoms with Crippen molar-refractivity contribution in [3.8, 4) is 0 Å². The van der Waals surface area contributed by atoms with Gasteiger partial charge in [-0.15, -0.1) is 0 Å². The maximum atomic E-state index is 6.33. The molecule has 1 aliphatic heterocycles. The fourth-order valence-corrected chi connectivity index (χ4v) is 4.81. The van der Waals surface area contributed by atoms with Crippen LogP contribution >= 0.6 is 15.9 Å². The number of halogens is 1. The fourth-order valence-electron chi connectivity index (χ4n) is 4.12. The Balaban J connectivity index is 1.74. The van der Waals surface area contributed by atoms with E-state index in [1.54, 1.807) is 0 Å². The number of fused-ring (bicyclic) bond motifs is 1. The van der Waals surface area contributed by atoms with Crippen LogP contribution in [0.5, 0.6) is 0 Å². The second-order valence-electron chi connectivity index (χ2n) is 6.59. The summed E-state index contributed by atoms with van der Waals surface area (Å²) in [6.07, 6.45) is 4.87. The average molecular weight is 355 g/mol. The van der Waals surface area contributed by atoms with Crippen LogP contribution in [0.15, 0.2) is 4.47 Å². The van der Waals surface area contributed by atoms with E-state index in [-0.39, 0.29) is 0 Å². The number of hydrogen-bond acceptors (Lipinski definition) is 3. The Bertz CT molecular complexity index is 499. The van der Waals surface area contributed by atoms with Crippen molar-refractivity contribution in [1.82, 2.24) is 14.7 Å². The predicted molar refractivity (Wildman–Crippen MR) is 89.1 cm³/mol. The highest BCUT2D eigenvalue weighted by Gasteiger charge is 2.38. The molecule has 118 valence electrons. The third-order valence-corrected chi connectivity index (χ3v) is 6.21. The first-order valence-corrected chi connectivity index (χ1v) is 9.15. The van der Waals surface area contributed by atoms with Gasteiger partial charge in [0.1, 0.15) is 0 Å². The molecule has 21 heavy (non-hydrogen) atoms. The SMILES string of the molecule is CCc1nn(CC)c(CN2CC3CCCC(N)C3C2)c1Br. The van der Waals surface area contributed by atoms with Crippen LogP contribution in [0, 0.1) is 11.8 Å². The van der Waals surface area contributed by atoms with Gasteiger partial charge in [-0.3, -0.25) is 9.58 Å². The molecule has 3 rings (SSSR count). The number of likely N-dealkylation sites (tertiary alicyclic amines) is 1. The Labute approximate surface area is 136 Å². The molecule has 1 aromatic rings. The van der Waals surface area contributed by atoms with Crippen LogP contribution in [0.2, 0.25) is 0 Å². The molecule has 3 atom stereocenters. The monoisotopic (exact) mass is 354 g/mol. The van der Waals surface area contributed by atoms with E-state index >= 15 is 0 Å². The lowest BCUT2D eigenvalue weighted by Crippen LogP contribution is -2.38. The zero-order valence-electron chi connectivity index (χ0n) is 13.2. The van der Waals surface area contributed by atoms with Crippen molar-refractivity contribution in [3.63, 3.8) is 0 Å². The third kappa shape index (κ3) is 2.92. The van der Waals surface area contributed by atoms with Gasteiger partial charge in [0.25, 0.3) is 0 Å². The molecule has 3 unspecified atom stereocenters. The van der Waals surface area contributed by atoms with Crippen molar-refractivity contribution in [3.05, 3.63) is 15.9 Å². The van der Waals surface area contributed by atoms with E-state index in [4.69, 9.17) is 10.8 Å². The van der Waals surface area contributed by atoms with E-state index in [9.17, 15) is 0 Å². The third-order valence-electron chi connectivity index (χ3n) is 5.30.